The molecule has 0 N–H and O–H groups in total. The first-order chi connectivity index (χ1) is 5.38. The Hall–Kier alpha value is -0.241. The molecule has 0 atom stereocenters. The van der Waals surface area contributed by atoms with Gasteiger partial charge in [0.25, 0.3) is 0 Å². The van der Waals surface area contributed by atoms with E-state index in [4.69, 9.17) is 10.5 Å². The molecule has 1 heterocycles. The minimum atomic E-state index is 0.407. The molecular formula is C7H6N2Se2. The van der Waals surface area contributed by atoms with E-state index >= 15 is 0 Å². The second kappa shape index (κ2) is 4.60. The Labute approximate surface area is 78.6 Å². The molecule has 1 aliphatic heterocycles. The topological polar surface area (TPSA) is 47.6 Å². The Kier molecular flexibility index (Phi) is 3.70. The normalized spacial score (nSPS) is 16.7. The molecule has 0 aromatic carbocycles. The van der Waals surface area contributed by atoms with Crippen LogP contribution in [0, 0.1) is 22.7 Å². The van der Waals surface area contributed by atoms with Gasteiger partial charge in [0, 0.05) is 0 Å². The van der Waals surface area contributed by atoms with Crippen molar-refractivity contribution in [3.05, 3.63) is 8.94 Å². The fourth-order valence-corrected chi connectivity index (χ4v) is 7.50. The van der Waals surface area contributed by atoms with Gasteiger partial charge in [-0.2, -0.15) is 0 Å². The van der Waals surface area contributed by atoms with Gasteiger partial charge in [-0.05, 0) is 0 Å². The number of nitriles is 2. The summed E-state index contributed by atoms with van der Waals surface area (Å²) in [6.07, 6.45) is 1.30. The Morgan fingerprint density at radius 3 is 2.18 bits per heavy atom. The summed E-state index contributed by atoms with van der Waals surface area (Å²) in [6, 6.07) is 3.94. The Morgan fingerprint density at radius 2 is 1.73 bits per heavy atom. The standard InChI is InChI=1S/C7H6N2Se2/c8-4-6(5-9)7-10-2-1-3-11-7/h1-3H2. The van der Waals surface area contributed by atoms with Gasteiger partial charge in [0.05, 0.1) is 0 Å². The Bertz CT molecular complexity index is 233. The second-order valence-electron chi connectivity index (χ2n) is 1.94. The van der Waals surface area contributed by atoms with Crippen molar-refractivity contribution in [3.63, 3.8) is 0 Å². The first-order valence-electron chi connectivity index (χ1n) is 3.18. The van der Waals surface area contributed by atoms with Crippen LogP contribution in [0.4, 0.5) is 0 Å². The molecule has 1 rings (SSSR count). The number of hydrogen-bond acceptors (Lipinski definition) is 2. The third-order valence-corrected chi connectivity index (χ3v) is 7.78. The van der Waals surface area contributed by atoms with Gasteiger partial charge in [0.1, 0.15) is 0 Å². The summed E-state index contributed by atoms with van der Waals surface area (Å²) in [7, 11) is 0. The van der Waals surface area contributed by atoms with Crippen molar-refractivity contribution in [1.82, 2.24) is 0 Å². The van der Waals surface area contributed by atoms with Crippen LogP contribution in [-0.4, -0.2) is 29.9 Å². The summed E-state index contributed by atoms with van der Waals surface area (Å²) >= 11 is 0.915. The zero-order chi connectivity index (χ0) is 8.10. The summed E-state index contributed by atoms with van der Waals surface area (Å²) in [4.78, 5) is 0. The fourth-order valence-electron chi connectivity index (χ4n) is 0.691. The maximum atomic E-state index is 8.57. The van der Waals surface area contributed by atoms with Crippen LogP contribution in [-0.2, 0) is 0 Å². The Balaban J connectivity index is 2.77. The molecule has 1 saturated heterocycles. The van der Waals surface area contributed by atoms with Crippen LogP contribution < -0.4 is 0 Å². The van der Waals surface area contributed by atoms with Crippen LogP contribution >= 0.6 is 0 Å². The van der Waals surface area contributed by atoms with Crippen molar-refractivity contribution in [2.75, 3.05) is 0 Å². The number of allylic oxidation sites excluding steroid dienone is 1. The van der Waals surface area contributed by atoms with E-state index in [0.29, 0.717) is 35.5 Å². The summed E-state index contributed by atoms with van der Waals surface area (Å²) in [6.45, 7) is 0. The molecule has 0 spiro atoms. The van der Waals surface area contributed by atoms with Crippen LogP contribution in [0.2, 0.25) is 10.6 Å². The van der Waals surface area contributed by atoms with E-state index in [1.165, 1.54) is 20.4 Å². The van der Waals surface area contributed by atoms with E-state index < -0.39 is 0 Å². The average Bonchev–Trinajstić information content (AvgIpc) is 2.09. The first kappa shape index (κ1) is 8.85. The zero-order valence-corrected chi connectivity index (χ0v) is 9.26. The molecule has 2 nitrogen and oxygen atoms in total. The van der Waals surface area contributed by atoms with Gasteiger partial charge >= 0.3 is 78.6 Å². The first-order valence-corrected chi connectivity index (χ1v) is 7.32. The van der Waals surface area contributed by atoms with Crippen molar-refractivity contribution in [1.29, 1.82) is 10.5 Å². The monoisotopic (exact) mass is 278 g/mol. The average molecular weight is 276 g/mol. The van der Waals surface area contributed by atoms with Crippen molar-refractivity contribution < 1.29 is 0 Å². The summed E-state index contributed by atoms with van der Waals surface area (Å²) in [5, 5.41) is 19.6. The molecule has 56 valence electrons. The van der Waals surface area contributed by atoms with Crippen LogP contribution in [0.15, 0.2) is 8.94 Å². The van der Waals surface area contributed by atoms with E-state index in [1.54, 1.807) is 0 Å². The summed E-state index contributed by atoms with van der Waals surface area (Å²) < 4.78 is 1.20. The van der Waals surface area contributed by atoms with Crippen molar-refractivity contribution >= 4 is 29.9 Å². The third-order valence-electron chi connectivity index (χ3n) is 1.18. The molecule has 1 aliphatic rings. The predicted molar refractivity (Wildman–Crippen MR) is 44.0 cm³/mol. The molecule has 0 radical (unpaired) electrons. The Morgan fingerprint density at radius 1 is 1.18 bits per heavy atom. The van der Waals surface area contributed by atoms with Crippen molar-refractivity contribution in [2.45, 2.75) is 17.1 Å². The maximum absolute atomic E-state index is 8.57. The molecule has 0 aromatic heterocycles. The molecule has 0 bridgehead atoms. The molecule has 4 heteroatoms. The van der Waals surface area contributed by atoms with Crippen LogP contribution in [0.5, 0.6) is 0 Å². The molecule has 11 heavy (non-hydrogen) atoms. The molecule has 0 aliphatic carbocycles. The number of hydrogen-bond donors (Lipinski definition) is 0. The molecule has 0 unspecified atom stereocenters. The minimum absolute atomic E-state index is 0.407. The molecular weight excluding hydrogens is 270 g/mol. The number of nitrogens with zero attached hydrogens (tertiary/aromatic N) is 2. The molecule has 0 amide bonds. The van der Waals surface area contributed by atoms with Crippen LogP contribution in [0.1, 0.15) is 6.42 Å². The van der Waals surface area contributed by atoms with Crippen LogP contribution in [0.3, 0.4) is 0 Å². The van der Waals surface area contributed by atoms with E-state index in [2.05, 4.69) is 0 Å². The fraction of sp³-hybridized carbons (Fsp3) is 0.429. The van der Waals surface area contributed by atoms with Gasteiger partial charge in [-0.15, -0.1) is 0 Å². The molecule has 0 aromatic rings. The quantitative estimate of drug-likeness (QED) is 0.487. The van der Waals surface area contributed by atoms with Crippen molar-refractivity contribution in [2.24, 2.45) is 0 Å². The van der Waals surface area contributed by atoms with E-state index in [0.717, 1.165) is 0 Å². The summed E-state index contributed by atoms with van der Waals surface area (Å²) in [5.74, 6) is 0. The van der Waals surface area contributed by atoms with Crippen molar-refractivity contribution in [3.8, 4) is 12.1 Å². The van der Waals surface area contributed by atoms with Gasteiger partial charge in [0.2, 0.25) is 0 Å². The van der Waals surface area contributed by atoms with E-state index in [9.17, 15) is 0 Å². The van der Waals surface area contributed by atoms with Gasteiger partial charge < -0.3 is 0 Å². The summed E-state index contributed by atoms with van der Waals surface area (Å²) in [5.41, 5.74) is 0.407. The van der Waals surface area contributed by atoms with Gasteiger partial charge in [-0.1, -0.05) is 0 Å². The van der Waals surface area contributed by atoms with E-state index in [-0.39, 0.29) is 0 Å². The molecule has 1 fully saturated rings. The molecule has 0 saturated carbocycles. The third kappa shape index (κ3) is 2.37. The van der Waals surface area contributed by atoms with Gasteiger partial charge in [0.15, 0.2) is 0 Å². The number of rotatable bonds is 0. The predicted octanol–water partition coefficient (Wildman–Crippen LogP) is 0.894. The van der Waals surface area contributed by atoms with Gasteiger partial charge in [-0.3, -0.25) is 0 Å². The van der Waals surface area contributed by atoms with Gasteiger partial charge in [-0.25, -0.2) is 0 Å². The zero-order valence-electron chi connectivity index (χ0n) is 5.83. The van der Waals surface area contributed by atoms with E-state index in [1.807, 2.05) is 12.1 Å². The SMILES string of the molecule is N#CC(C#N)=C1[Se]CCC[Se]1. The van der Waals surface area contributed by atoms with Crippen LogP contribution in [0.25, 0.3) is 0 Å². The second-order valence-corrected chi connectivity index (χ2v) is 7.88.